The fraction of sp³-hybridized carbons (Fsp3) is 0.276. The maximum atomic E-state index is 11.6. The summed E-state index contributed by atoms with van der Waals surface area (Å²) in [5.41, 5.74) is 5.41. The molecule has 3 aromatic carbocycles. The number of carbonyl (C=O) groups is 1. The minimum absolute atomic E-state index is 0.136. The number of piperazine rings is 1. The van der Waals surface area contributed by atoms with Crippen LogP contribution in [-0.4, -0.2) is 66.8 Å². The van der Waals surface area contributed by atoms with Crippen LogP contribution in [0, 0.1) is 0 Å². The second-order valence-electron chi connectivity index (χ2n) is 9.55. The Morgan fingerprint density at radius 1 is 1.00 bits per heavy atom. The van der Waals surface area contributed by atoms with Gasteiger partial charge in [0.2, 0.25) is 22.7 Å². The van der Waals surface area contributed by atoms with Crippen LogP contribution in [0.3, 0.4) is 0 Å². The predicted molar refractivity (Wildman–Crippen MR) is 156 cm³/mol. The third-order valence-electron chi connectivity index (χ3n) is 6.99. The molecule has 0 aliphatic carbocycles. The lowest BCUT2D eigenvalue weighted by Crippen LogP contribution is -2.47. The molecule has 2 heterocycles. The zero-order chi connectivity index (χ0) is 27.4. The van der Waals surface area contributed by atoms with Crippen LogP contribution in [0.1, 0.15) is 19.4 Å². The van der Waals surface area contributed by atoms with E-state index in [1.807, 2.05) is 72.6 Å². The summed E-state index contributed by atoms with van der Waals surface area (Å²) in [6.07, 6.45) is 1.81. The molecule has 1 aliphatic rings. The van der Waals surface area contributed by atoms with Gasteiger partial charge in [0, 0.05) is 69.0 Å². The number of aromatic nitrogens is 2. The number of nitrogens with one attached hydrogen (secondary N) is 1. The molecule has 39 heavy (non-hydrogen) atoms. The van der Waals surface area contributed by atoms with Gasteiger partial charge in [-0.2, -0.15) is 0 Å². The van der Waals surface area contributed by atoms with Crippen LogP contribution in [0.25, 0.3) is 22.0 Å². The molecule has 9 nitrogen and oxygen atoms in total. The lowest BCUT2D eigenvalue weighted by Gasteiger charge is -2.34. The highest BCUT2D eigenvalue weighted by Gasteiger charge is 2.18. The SMILES string of the molecule is CCN(c1ccc(-c2cccc3cnc(Nc4cccc(CN5CCN(C(C)=O)CC5)c4)nc23)cc1)[SH](=O)=O. The normalized spacial score (nSPS) is 14.1. The third-order valence-corrected chi connectivity index (χ3v) is 7.90. The lowest BCUT2D eigenvalue weighted by molar-refractivity contribution is -0.130. The van der Waals surface area contributed by atoms with Crippen molar-refractivity contribution in [3.63, 3.8) is 0 Å². The van der Waals surface area contributed by atoms with E-state index in [0.717, 1.165) is 60.4 Å². The summed E-state index contributed by atoms with van der Waals surface area (Å²) in [5.74, 6) is 0.635. The van der Waals surface area contributed by atoms with Gasteiger partial charge in [0.25, 0.3) is 0 Å². The summed E-state index contributed by atoms with van der Waals surface area (Å²) >= 11 is 0. The lowest BCUT2D eigenvalue weighted by atomic mass is 10.0. The summed E-state index contributed by atoms with van der Waals surface area (Å²) in [6, 6.07) is 21.6. The van der Waals surface area contributed by atoms with Crippen molar-refractivity contribution < 1.29 is 13.2 Å². The molecule has 1 aromatic heterocycles. The molecule has 202 valence electrons. The number of nitrogens with zero attached hydrogens (tertiary/aromatic N) is 5. The van der Waals surface area contributed by atoms with Gasteiger partial charge in [-0.15, -0.1) is 0 Å². The third kappa shape index (κ3) is 6.18. The molecule has 0 radical (unpaired) electrons. The van der Waals surface area contributed by atoms with Crippen molar-refractivity contribution in [3.8, 4) is 11.1 Å². The van der Waals surface area contributed by atoms with E-state index in [1.54, 1.807) is 6.92 Å². The fourth-order valence-electron chi connectivity index (χ4n) is 4.91. The first-order valence-electron chi connectivity index (χ1n) is 13.0. The van der Waals surface area contributed by atoms with Gasteiger partial charge in [-0.05, 0) is 42.3 Å². The van der Waals surface area contributed by atoms with Crippen molar-refractivity contribution in [2.24, 2.45) is 0 Å². The summed E-state index contributed by atoms with van der Waals surface area (Å²) in [5, 5.41) is 4.27. The number of benzene rings is 3. The Labute approximate surface area is 230 Å². The number of rotatable bonds is 8. The van der Waals surface area contributed by atoms with E-state index in [1.165, 1.54) is 9.87 Å². The summed E-state index contributed by atoms with van der Waals surface area (Å²) in [6.45, 7) is 7.88. The van der Waals surface area contributed by atoms with E-state index >= 15 is 0 Å². The molecule has 0 saturated carbocycles. The first-order valence-corrected chi connectivity index (χ1v) is 14.2. The Morgan fingerprint density at radius 3 is 2.44 bits per heavy atom. The number of amides is 1. The molecule has 0 unspecified atom stereocenters. The van der Waals surface area contributed by atoms with E-state index in [-0.39, 0.29) is 5.91 Å². The highest BCUT2D eigenvalue weighted by Crippen LogP contribution is 2.30. The summed E-state index contributed by atoms with van der Waals surface area (Å²) < 4.78 is 24.4. The predicted octanol–water partition coefficient (Wildman–Crippen LogP) is 4.06. The monoisotopic (exact) mass is 544 g/mol. The average Bonchev–Trinajstić information content (AvgIpc) is 2.94. The summed E-state index contributed by atoms with van der Waals surface area (Å²) in [7, 11) is -2.69. The first kappa shape index (κ1) is 26.6. The van der Waals surface area contributed by atoms with E-state index < -0.39 is 10.9 Å². The highest BCUT2D eigenvalue weighted by molar-refractivity contribution is 7.74. The van der Waals surface area contributed by atoms with Crippen molar-refractivity contribution >= 4 is 45.0 Å². The number of para-hydroxylation sites is 1. The second-order valence-corrected chi connectivity index (χ2v) is 10.5. The molecule has 1 N–H and O–H groups in total. The van der Waals surface area contributed by atoms with E-state index in [4.69, 9.17) is 4.98 Å². The van der Waals surface area contributed by atoms with Crippen LogP contribution >= 0.6 is 0 Å². The smallest absolute Gasteiger partial charge is 0.227 e. The zero-order valence-electron chi connectivity index (χ0n) is 22.1. The van der Waals surface area contributed by atoms with Crippen LogP contribution in [0.15, 0.2) is 72.9 Å². The number of fused-ring (bicyclic) bond motifs is 1. The molecule has 10 heteroatoms. The minimum atomic E-state index is -2.69. The highest BCUT2D eigenvalue weighted by atomic mass is 32.2. The van der Waals surface area contributed by atoms with Crippen LogP contribution in [0.2, 0.25) is 0 Å². The van der Waals surface area contributed by atoms with Gasteiger partial charge >= 0.3 is 0 Å². The Bertz CT molecular complexity index is 1540. The standard InChI is InChI=1S/C29H32N6O3S/c1-3-35(39(37)38)26-12-10-23(11-13-26)27-9-5-7-24-19-30-29(32-28(24)27)31-25-8-4-6-22(18-25)20-33-14-16-34(17-15-33)21(2)36/h4-13,18-19,39H,3,14-17,20H2,1-2H3,(H,30,31,32). The van der Waals surface area contributed by atoms with Gasteiger partial charge in [0.15, 0.2) is 0 Å². The minimum Gasteiger partial charge on any atom is -0.340 e. The summed E-state index contributed by atoms with van der Waals surface area (Å²) in [4.78, 5) is 25.2. The number of carbonyl (C=O) groups excluding carboxylic acids is 1. The topological polar surface area (TPSA) is 98.7 Å². The maximum Gasteiger partial charge on any atom is 0.227 e. The molecule has 0 bridgehead atoms. The van der Waals surface area contributed by atoms with Crippen LogP contribution in [0.5, 0.6) is 0 Å². The Kier molecular flexibility index (Phi) is 8.04. The van der Waals surface area contributed by atoms with Crippen molar-refractivity contribution in [2.45, 2.75) is 20.4 Å². The molecule has 0 spiro atoms. The molecule has 4 aromatic rings. The van der Waals surface area contributed by atoms with Gasteiger partial charge in [-0.25, -0.2) is 18.4 Å². The molecular formula is C29H32N6O3S. The molecule has 5 rings (SSSR count). The second kappa shape index (κ2) is 11.8. The molecule has 1 amide bonds. The largest absolute Gasteiger partial charge is 0.340 e. The Hall–Kier alpha value is -4.02. The van der Waals surface area contributed by atoms with Crippen LogP contribution in [0.4, 0.5) is 17.3 Å². The van der Waals surface area contributed by atoms with Gasteiger partial charge in [-0.1, -0.05) is 42.5 Å². The molecule has 1 fully saturated rings. The van der Waals surface area contributed by atoms with Gasteiger partial charge in [0.1, 0.15) is 0 Å². The number of anilines is 3. The quantitative estimate of drug-likeness (QED) is 0.323. The van der Waals surface area contributed by atoms with Gasteiger partial charge < -0.3 is 10.2 Å². The van der Waals surface area contributed by atoms with Gasteiger partial charge in [-0.3, -0.25) is 14.0 Å². The van der Waals surface area contributed by atoms with E-state index in [2.05, 4.69) is 27.3 Å². The fourth-order valence-corrected chi connectivity index (χ4v) is 5.46. The van der Waals surface area contributed by atoms with Crippen molar-refractivity contribution in [3.05, 3.63) is 78.5 Å². The Morgan fingerprint density at radius 2 is 1.74 bits per heavy atom. The van der Waals surface area contributed by atoms with Crippen molar-refractivity contribution in [1.82, 2.24) is 19.8 Å². The Balaban J connectivity index is 1.34. The number of thiol groups is 1. The molecule has 0 atom stereocenters. The molecule has 1 saturated heterocycles. The molecule has 1 aliphatic heterocycles. The van der Waals surface area contributed by atoms with E-state index in [9.17, 15) is 13.2 Å². The molecular weight excluding hydrogens is 512 g/mol. The number of hydrogen-bond acceptors (Lipinski definition) is 7. The first-order chi connectivity index (χ1) is 18.9. The number of hydrogen-bond donors (Lipinski definition) is 2. The van der Waals surface area contributed by atoms with Crippen molar-refractivity contribution in [1.29, 1.82) is 0 Å². The zero-order valence-corrected chi connectivity index (χ0v) is 23.0. The van der Waals surface area contributed by atoms with E-state index in [0.29, 0.717) is 18.2 Å². The van der Waals surface area contributed by atoms with Crippen LogP contribution < -0.4 is 9.62 Å². The average molecular weight is 545 g/mol. The maximum absolute atomic E-state index is 11.6. The van der Waals surface area contributed by atoms with Crippen molar-refractivity contribution in [2.75, 3.05) is 42.3 Å². The van der Waals surface area contributed by atoms with Crippen LogP contribution in [-0.2, 0) is 22.2 Å². The van der Waals surface area contributed by atoms with Gasteiger partial charge in [0.05, 0.1) is 11.2 Å².